The molecule has 2 nitrogen and oxygen atoms in total. The van der Waals surface area contributed by atoms with E-state index >= 15 is 0 Å². The smallest absolute Gasteiger partial charge is 0.0962 e. The molecule has 2 heterocycles. The fraction of sp³-hybridized carbons (Fsp3) is 0.750. The van der Waals surface area contributed by atoms with E-state index in [0.29, 0.717) is 5.92 Å². The fourth-order valence-electron chi connectivity index (χ4n) is 2.53. The molecule has 3 rings (SSSR count). The van der Waals surface area contributed by atoms with Gasteiger partial charge in [0.2, 0.25) is 0 Å². The van der Waals surface area contributed by atoms with Gasteiger partial charge in [-0.15, -0.1) is 11.3 Å². The topological polar surface area (TPSA) is 24.9 Å². The van der Waals surface area contributed by atoms with Crippen LogP contribution >= 0.6 is 11.3 Å². The van der Waals surface area contributed by atoms with Gasteiger partial charge in [-0.05, 0) is 32.7 Å². The van der Waals surface area contributed by atoms with Gasteiger partial charge in [0.1, 0.15) is 0 Å². The molecule has 1 saturated heterocycles. The lowest BCUT2D eigenvalue weighted by atomic mass is 9.86. The van der Waals surface area contributed by atoms with E-state index in [1.54, 1.807) is 0 Å². The van der Waals surface area contributed by atoms with Crippen molar-refractivity contribution in [1.29, 1.82) is 0 Å². The summed E-state index contributed by atoms with van der Waals surface area (Å²) in [6.07, 6.45) is 5.42. The Hall–Kier alpha value is -0.410. The fourth-order valence-corrected chi connectivity index (χ4v) is 3.70. The first kappa shape index (κ1) is 9.79. The summed E-state index contributed by atoms with van der Waals surface area (Å²) >= 11 is 1.95. The Bertz CT molecular complexity index is 349. The maximum Gasteiger partial charge on any atom is 0.0962 e. The second-order valence-electron chi connectivity index (χ2n) is 4.81. The molecule has 1 unspecified atom stereocenters. The minimum atomic E-state index is 0.690. The first-order chi connectivity index (χ1) is 7.34. The molecule has 15 heavy (non-hydrogen) atoms. The van der Waals surface area contributed by atoms with Gasteiger partial charge in [0, 0.05) is 23.3 Å². The van der Waals surface area contributed by atoms with E-state index in [-0.39, 0.29) is 0 Å². The summed E-state index contributed by atoms with van der Waals surface area (Å²) in [5.41, 5.74) is 1.40. The highest BCUT2D eigenvalue weighted by molar-refractivity contribution is 7.11. The molecule has 3 heteroatoms. The number of nitrogens with zero attached hydrogens (tertiary/aromatic N) is 1. The van der Waals surface area contributed by atoms with Gasteiger partial charge in [-0.3, -0.25) is 0 Å². The lowest BCUT2D eigenvalue weighted by Gasteiger charge is -2.22. The third kappa shape index (κ3) is 1.72. The number of hydrogen-bond donors (Lipinski definition) is 1. The van der Waals surface area contributed by atoms with Gasteiger partial charge in [0.15, 0.2) is 0 Å². The maximum atomic E-state index is 4.89. The van der Waals surface area contributed by atoms with Gasteiger partial charge in [-0.1, -0.05) is 6.42 Å². The Labute approximate surface area is 95.1 Å². The standard InChI is InChI=1S/C12H18N2S/c1-8-11(10-5-6-13-7-10)14-12(15-8)9-3-2-4-9/h9-10,13H,2-7H2,1H3. The van der Waals surface area contributed by atoms with Crippen LogP contribution in [0.2, 0.25) is 0 Å². The lowest BCUT2D eigenvalue weighted by molar-refractivity contribution is 0.417. The predicted octanol–water partition coefficient (Wildman–Crippen LogP) is 2.80. The van der Waals surface area contributed by atoms with Crippen molar-refractivity contribution in [3.63, 3.8) is 0 Å². The molecular weight excluding hydrogens is 204 g/mol. The molecule has 0 spiro atoms. The first-order valence-corrected chi connectivity index (χ1v) is 6.84. The molecule has 2 fully saturated rings. The highest BCUT2D eigenvalue weighted by atomic mass is 32.1. The molecule has 82 valence electrons. The minimum absolute atomic E-state index is 0.690. The zero-order chi connectivity index (χ0) is 10.3. The Morgan fingerprint density at radius 3 is 2.73 bits per heavy atom. The van der Waals surface area contributed by atoms with Crippen LogP contribution in [-0.2, 0) is 0 Å². The molecule has 0 amide bonds. The van der Waals surface area contributed by atoms with Crippen molar-refractivity contribution in [2.75, 3.05) is 13.1 Å². The normalized spacial score (nSPS) is 26.9. The molecule has 2 aliphatic rings. The van der Waals surface area contributed by atoms with Crippen LogP contribution < -0.4 is 5.32 Å². The zero-order valence-corrected chi connectivity index (χ0v) is 10.1. The second kappa shape index (κ2) is 3.87. The van der Waals surface area contributed by atoms with Crippen LogP contribution in [0.15, 0.2) is 0 Å². The quantitative estimate of drug-likeness (QED) is 0.832. The second-order valence-corrected chi connectivity index (χ2v) is 6.05. The largest absolute Gasteiger partial charge is 0.316 e. The Balaban J connectivity index is 1.84. The number of thiazole rings is 1. The van der Waals surface area contributed by atoms with E-state index in [9.17, 15) is 0 Å². The summed E-state index contributed by atoms with van der Waals surface area (Å²) in [4.78, 5) is 6.36. The lowest BCUT2D eigenvalue weighted by Crippen LogP contribution is -2.10. The minimum Gasteiger partial charge on any atom is -0.316 e. The van der Waals surface area contributed by atoms with Gasteiger partial charge >= 0.3 is 0 Å². The van der Waals surface area contributed by atoms with Crippen molar-refractivity contribution >= 4 is 11.3 Å². The van der Waals surface area contributed by atoms with Crippen molar-refractivity contribution in [2.24, 2.45) is 0 Å². The number of hydrogen-bond acceptors (Lipinski definition) is 3. The van der Waals surface area contributed by atoms with Gasteiger partial charge in [-0.2, -0.15) is 0 Å². The zero-order valence-electron chi connectivity index (χ0n) is 9.25. The van der Waals surface area contributed by atoms with Crippen LogP contribution in [0, 0.1) is 6.92 Å². The number of aryl methyl sites for hydroxylation is 1. The van der Waals surface area contributed by atoms with Gasteiger partial charge in [-0.25, -0.2) is 4.98 Å². The molecule has 0 aromatic carbocycles. The van der Waals surface area contributed by atoms with E-state index in [0.717, 1.165) is 12.5 Å². The molecule has 0 bridgehead atoms. The SMILES string of the molecule is Cc1sc(C2CCC2)nc1C1CCNC1. The predicted molar refractivity (Wildman–Crippen MR) is 63.7 cm³/mol. The summed E-state index contributed by atoms with van der Waals surface area (Å²) in [5.74, 6) is 1.49. The van der Waals surface area contributed by atoms with Crippen molar-refractivity contribution in [1.82, 2.24) is 10.3 Å². The summed E-state index contributed by atoms with van der Waals surface area (Å²) in [7, 11) is 0. The van der Waals surface area contributed by atoms with Crippen molar-refractivity contribution in [3.8, 4) is 0 Å². The van der Waals surface area contributed by atoms with Crippen LogP contribution in [0.3, 0.4) is 0 Å². The molecule has 1 aliphatic carbocycles. The summed E-state index contributed by atoms with van der Waals surface area (Å²) in [6.45, 7) is 4.54. The maximum absolute atomic E-state index is 4.89. The third-order valence-electron chi connectivity index (χ3n) is 3.75. The number of rotatable bonds is 2. The molecule has 1 aromatic rings. The van der Waals surface area contributed by atoms with Crippen LogP contribution in [-0.4, -0.2) is 18.1 Å². The number of nitrogens with one attached hydrogen (secondary N) is 1. The van der Waals surface area contributed by atoms with E-state index in [4.69, 9.17) is 4.98 Å². The van der Waals surface area contributed by atoms with Crippen LogP contribution in [0.4, 0.5) is 0 Å². The van der Waals surface area contributed by atoms with Crippen LogP contribution in [0.1, 0.15) is 53.1 Å². The van der Waals surface area contributed by atoms with E-state index in [1.165, 1.54) is 47.8 Å². The van der Waals surface area contributed by atoms with E-state index in [2.05, 4.69) is 12.2 Å². The molecule has 0 radical (unpaired) electrons. The number of aromatic nitrogens is 1. The van der Waals surface area contributed by atoms with Crippen molar-refractivity contribution in [3.05, 3.63) is 15.6 Å². The molecule has 1 atom stereocenters. The Morgan fingerprint density at radius 1 is 1.27 bits per heavy atom. The third-order valence-corrected chi connectivity index (χ3v) is 4.90. The van der Waals surface area contributed by atoms with E-state index < -0.39 is 0 Å². The Morgan fingerprint density at radius 2 is 2.13 bits per heavy atom. The summed E-state index contributed by atoms with van der Waals surface area (Å²) in [6, 6.07) is 0. The van der Waals surface area contributed by atoms with Gasteiger partial charge < -0.3 is 5.32 Å². The van der Waals surface area contributed by atoms with Gasteiger partial charge in [0.25, 0.3) is 0 Å². The highest BCUT2D eigenvalue weighted by Gasteiger charge is 2.27. The first-order valence-electron chi connectivity index (χ1n) is 6.02. The monoisotopic (exact) mass is 222 g/mol. The molecule has 1 N–H and O–H groups in total. The van der Waals surface area contributed by atoms with E-state index in [1.807, 2.05) is 11.3 Å². The molecular formula is C12H18N2S. The van der Waals surface area contributed by atoms with Crippen molar-refractivity contribution in [2.45, 2.75) is 44.4 Å². The van der Waals surface area contributed by atoms with Crippen LogP contribution in [0.25, 0.3) is 0 Å². The average Bonchev–Trinajstić information content (AvgIpc) is 2.70. The Kier molecular flexibility index (Phi) is 2.53. The molecule has 1 aromatic heterocycles. The molecule has 1 aliphatic heterocycles. The van der Waals surface area contributed by atoms with Crippen LogP contribution in [0.5, 0.6) is 0 Å². The van der Waals surface area contributed by atoms with Crippen molar-refractivity contribution < 1.29 is 0 Å². The van der Waals surface area contributed by atoms with Gasteiger partial charge in [0.05, 0.1) is 10.7 Å². The summed E-state index contributed by atoms with van der Waals surface area (Å²) in [5, 5.41) is 4.85. The summed E-state index contributed by atoms with van der Waals surface area (Å²) < 4.78 is 0. The highest BCUT2D eigenvalue weighted by Crippen LogP contribution is 2.40. The molecule has 1 saturated carbocycles. The average molecular weight is 222 g/mol.